The third-order valence-corrected chi connectivity index (χ3v) is 2.39. The van der Waals surface area contributed by atoms with Gasteiger partial charge in [-0.15, -0.1) is 0 Å². The van der Waals surface area contributed by atoms with E-state index in [0.717, 1.165) is 0 Å². The molecule has 0 aliphatic carbocycles. The van der Waals surface area contributed by atoms with Crippen molar-refractivity contribution in [2.45, 2.75) is 0 Å². The second-order valence-electron chi connectivity index (χ2n) is 3.69. The molecule has 0 saturated carbocycles. The number of hydrogen-bond donors (Lipinski definition) is 2. The second kappa shape index (κ2) is 5.34. The average Bonchev–Trinajstić information content (AvgIpc) is 2.41. The van der Waals surface area contributed by atoms with Crippen LogP contribution in [0.15, 0.2) is 36.4 Å². The normalized spacial score (nSPS) is 10.0. The number of aromatic nitrogens is 1. The fourth-order valence-corrected chi connectivity index (χ4v) is 1.51. The van der Waals surface area contributed by atoms with Gasteiger partial charge in [-0.3, -0.25) is 0 Å². The standard InChI is InChI=1S/C13H11FN2O3/c1-19-11-7-8(5-6-9(11)14)15-12-4-2-3-10(16-12)13(17)18/h2-7H,1H3,(H,15,16)(H,17,18). The fraction of sp³-hybridized carbons (Fsp3) is 0.0769. The quantitative estimate of drug-likeness (QED) is 0.886. The Kier molecular flexibility index (Phi) is 3.61. The molecule has 5 nitrogen and oxygen atoms in total. The van der Waals surface area contributed by atoms with Crippen LogP contribution in [0, 0.1) is 5.82 Å². The monoisotopic (exact) mass is 262 g/mol. The van der Waals surface area contributed by atoms with Crippen molar-refractivity contribution in [2.24, 2.45) is 0 Å². The summed E-state index contributed by atoms with van der Waals surface area (Å²) in [5.41, 5.74) is 0.479. The first-order valence-corrected chi connectivity index (χ1v) is 5.41. The van der Waals surface area contributed by atoms with E-state index >= 15 is 0 Å². The number of nitrogens with one attached hydrogen (secondary N) is 1. The van der Waals surface area contributed by atoms with Crippen LogP contribution in [-0.2, 0) is 0 Å². The summed E-state index contributed by atoms with van der Waals surface area (Å²) in [6.07, 6.45) is 0. The van der Waals surface area contributed by atoms with E-state index in [4.69, 9.17) is 9.84 Å². The summed E-state index contributed by atoms with van der Waals surface area (Å²) in [5.74, 6) is -1.13. The zero-order chi connectivity index (χ0) is 13.8. The molecule has 1 aromatic heterocycles. The van der Waals surface area contributed by atoms with Gasteiger partial charge in [0.05, 0.1) is 7.11 Å². The molecule has 0 atom stereocenters. The molecule has 19 heavy (non-hydrogen) atoms. The molecular weight excluding hydrogens is 251 g/mol. The Morgan fingerprint density at radius 1 is 1.37 bits per heavy atom. The Labute approximate surface area is 108 Å². The van der Waals surface area contributed by atoms with E-state index in [9.17, 15) is 9.18 Å². The number of benzene rings is 1. The summed E-state index contributed by atoms with van der Waals surface area (Å²) < 4.78 is 18.1. The SMILES string of the molecule is COc1cc(Nc2cccc(C(=O)O)n2)ccc1F. The number of hydrogen-bond acceptors (Lipinski definition) is 4. The van der Waals surface area contributed by atoms with E-state index in [1.165, 1.54) is 31.4 Å². The molecule has 2 N–H and O–H groups in total. The van der Waals surface area contributed by atoms with E-state index < -0.39 is 11.8 Å². The van der Waals surface area contributed by atoms with Crippen LogP contribution in [0.25, 0.3) is 0 Å². The van der Waals surface area contributed by atoms with Crippen LogP contribution in [0.1, 0.15) is 10.5 Å². The minimum Gasteiger partial charge on any atom is -0.494 e. The molecule has 2 rings (SSSR count). The van der Waals surface area contributed by atoms with Crippen molar-refractivity contribution >= 4 is 17.5 Å². The first-order chi connectivity index (χ1) is 9.10. The molecule has 2 aromatic rings. The van der Waals surface area contributed by atoms with E-state index in [1.807, 2.05) is 0 Å². The molecule has 98 valence electrons. The van der Waals surface area contributed by atoms with Crippen LogP contribution in [0.3, 0.4) is 0 Å². The topological polar surface area (TPSA) is 71.5 Å². The van der Waals surface area contributed by atoms with Crippen LogP contribution in [-0.4, -0.2) is 23.2 Å². The lowest BCUT2D eigenvalue weighted by Gasteiger charge is -2.08. The largest absolute Gasteiger partial charge is 0.494 e. The summed E-state index contributed by atoms with van der Waals surface area (Å²) in [6.45, 7) is 0. The minimum absolute atomic E-state index is 0.0703. The maximum absolute atomic E-state index is 13.2. The lowest BCUT2D eigenvalue weighted by molar-refractivity contribution is 0.0690. The Balaban J connectivity index is 2.26. The van der Waals surface area contributed by atoms with E-state index in [-0.39, 0.29) is 11.4 Å². The first-order valence-electron chi connectivity index (χ1n) is 5.41. The Morgan fingerprint density at radius 3 is 2.84 bits per heavy atom. The van der Waals surface area contributed by atoms with Crippen molar-refractivity contribution in [3.05, 3.63) is 47.9 Å². The van der Waals surface area contributed by atoms with Crippen molar-refractivity contribution in [1.29, 1.82) is 0 Å². The molecule has 1 heterocycles. The third-order valence-electron chi connectivity index (χ3n) is 2.39. The van der Waals surface area contributed by atoms with Crippen molar-refractivity contribution in [3.8, 4) is 5.75 Å². The lowest BCUT2D eigenvalue weighted by Crippen LogP contribution is -2.02. The van der Waals surface area contributed by atoms with Crippen LogP contribution in [0.2, 0.25) is 0 Å². The predicted molar refractivity (Wildman–Crippen MR) is 67.4 cm³/mol. The van der Waals surface area contributed by atoms with Crippen molar-refractivity contribution in [1.82, 2.24) is 4.98 Å². The number of pyridine rings is 1. The number of halogens is 1. The molecule has 0 spiro atoms. The van der Waals surface area contributed by atoms with Gasteiger partial charge < -0.3 is 15.2 Å². The molecule has 0 radical (unpaired) electrons. The van der Waals surface area contributed by atoms with Gasteiger partial charge in [-0.25, -0.2) is 14.2 Å². The number of anilines is 2. The van der Waals surface area contributed by atoms with E-state index in [2.05, 4.69) is 10.3 Å². The summed E-state index contributed by atoms with van der Waals surface area (Å²) in [4.78, 5) is 14.7. The summed E-state index contributed by atoms with van der Waals surface area (Å²) in [6, 6.07) is 8.79. The number of ether oxygens (including phenoxy) is 1. The molecule has 0 aliphatic rings. The number of methoxy groups -OCH3 is 1. The van der Waals surface area contributed by atoms with Gasteiger partial charge in [-0.2, -0.15) is 0 Å². The Morgan fingerprint density at radius 2 is 2.16 bits per heavy atom. The zero-order valence-electron chi connectivity index (χ0n) is 10.1. The molecule has 6 heteroatoms. The van der Waals surface area contributed by atoms with Crippen molar-refractivity contribution < 1.29 is 19.0 Å². The molecule has 1 aromatic carbocycles. The first kappa shape index (κ1) is 12.8. The van der Waals surface area contributed by atoms with Gasteiger partial charge in [0.15, 0.2) is 17.3 Å². The number of carbonyl (C=O) groups is 1. The predicted octanol–water partition coefficient (Wildman–Crippen LogP) is 2.67. The molecule has 0 amide bonds. The highest BCUT2D eigenvalue weighted by Gasteiger charge is 2.07. The van der Waals surface area contributed by atoms with Gasteiger partial charge in [0.1, 0.15) is 5.82 Å². The van der Waals surface area contributed by atoms with E-state index in [0.29, 0.717) is 11.5 Å². The Hall–Kier alpha value is -2.63. The van der Waals surface area contributed by atoms with E-state index in [1.54, 1.807) is 12.1 Å². The average molecular weight is 262 g/mol. The van der Waals surface area contributed by atoms with Gasteiger partial charge in [-0.1, -0.05) is 6.07 Å². The fourth-order valence-electron chi connectivity index (χ4n) is 1.51. The maximum atomic E-state index is 13.2. The Bertz CT molecular complexity index is 617. The van der Waals surface area contributed by atoms with Crippen LogP contribution in [0.4, 0.5) is 15.9 Å². The van der Waals surface area contributed by atoms with Crippen LogP contribution < -0.4 is 10.1 Å². The van der Waals surface area contributed by atoms with Crippen LogP contribution >= 0.6 is 0 Å². The number of aromatic carboxylic acids is 1. The highest BCUT2D eigenvalue weighted by atomic mass is 19.1. The summed E-state index contributed by atoms with van der Waals surface area (Å²) in [7, 11) is 1.37. The maximum Gasteiger partial charge on any atom is 0.354 e. The number of carboxylic acids is 1. The van der Waals surface area contributed by atoms with Crippen LogP contribution in [0.5, 0.6) is 5.75 Å². The van der Waals surface area contributed by atoms with Gasteiger partial charge in [0.25, 0.3) is 0 Å². The molecule has 0 aliphatic heterocycles. The molecule has 0 saturated heterocycles. The molecule has 0 fully saturated rings. The highest BCUT2D eigenvalue weighted by molar-refractivity contribution is 5.85. The van der Waals surface area contributed by atoms with Gasteiger partial charge in [0.2, 0.25) is 0 Å². The molecule has 0 bridgehead atoms. The summed E-state index contributed by atoms with van der Waals surface area (Å²) >= 11 is 0. The number of nitrogens with zero attached hydrogens (tertiary/aromatic N) is 1. The molecule has 0 unspecified atom stereocenters. The number of carboxylic acid groups (broad SMARTS) is 1. The van der Waals surface area contributed by atoms with Gasteiger partial charge >= 0.3 is 5.97 Å². The van der Waals surface area contributed by atoms with Gasteiger partial charge in [-0.05, 0) is 24.3 Å². The van der Waals surface area contributed by atoms with Crippen molar-refractivity contribution in [3.63, 3.8) is 0 Å². The molecular formula is C13H11FN2O3. The van der Waals surface area contributed by atoms with Gasteiger partial charge in [0, 0.05) is 11.8 Å². The lowest BCUT2D eigenvalue weighted by atomic mass is 10.3. The smallest absolute Gasteiger partial charge is 0.354 e. The number of rotatable bonds is 4. The summed E-state index contributed by atoms with van der Waals surface area (Å²) in [5, 5.41) is 11.7. The second-order valence-corrected chi connectivity index (χ2v) is 3.69. The third kappa shape index (κ3) is 2.98. The van der Waals surface area contributed by atoms with Crippen molar-refractivity contribution in [2.75, 3.05) is 12.4 Å². The minimum atomic E-state index is -1.11. The zero-order valence-corrected chi connectivity index (χ0v) is 10.1. The highest BCUT2D eigenvalue weighted by Crippen LogP contribution is 2.23.